The number of aromatic hydroxyl groups is 1. The minimum absolute atomic E-state index is 0.252. The Morgan fingerprint density at radius 2 is 2.03 bits per heavy atom. The maximum atomic E-state index is 13.2. The molecule has 4 rings (SSSR count). The number of nitrogens with zero attached hydrogens (tertiary/aromatic N) is 3. The van der Waals surface area contributed by atoms with Gasteiger partial charge in [0, 0.05) is 11.9 Å². The Hall–Kier alpha value is -4.38. The number of rotatable bonds is 3. The fourth-order valence-corrected chi connectivity index (χ4v) is 3.24. The van der Waals surface area contributed by atoms with Gasteiger partial charge in [0.25, 0.3) is 5.56 Å². The van der Waals surface area contributed by atoms with Crippen LogP contribution < -0.4 is 16.1 Å². The van der Waals surface area contributed by atoms with Crippen LogP contribution in [0.3, 0.4) is 0 Å². The summed E-state index contributed by atoms with van der Waals surface area (Å²) in [7, 11) is 0. The van der Waals surface area contributed by atoms with Crippen LogP contribution in [-0.4, -0.2) is 25.6 Å². The van der Waals surface area contributed by atoms with Gasteiger partial charge in [-0.15, -0.1) is 0 Å². The van der Waals surface area contributed by atoms with Crippen molar-refractivity contribution in [2.75, 3.05) is 5.32 Å². The number of benzene rings is 2. The fraction of sp³-hybridized carbons (Fsp3) is 0.0476. The number of nitrogens with one attached hydrogen (secondary N) is 1. The van der Waals surface area contributed by atoms with Crippen molar-refractivity contribution in [3.8, 4) is 11.8 Å². The fourth-order valence-electron chi connectivity index (χ4n) is 3.24. The highest BCUT2D eigenvalue weighted by molar-refractivity contribution is 5.92. The zero-order valence-electron chi connectivity index (χ0n) is 15.2. The molecule has 0 unspecified atom stereocenters. The number of carboxylic acid groups (broad SMARTS) is 1. The van der Waals surface area contributed by atoms with Crippen molar-refractivity contribution >= 4 is 34.5 Å². The summed E-state index contributed by atoms with van der Waals surface area (Å²) in [4.78, 5) is 28.8. The minimum Gasteiger partial charge on any atom is -0.507 e. The molecular formula is C21H14N4O4. The number of hydrogen-bond donors (Lipinski definition) is 3. The Morgan fingerprint density at radius 1 is 1.28 bits per heavy atom. The maximum Gasteiger partial charge on any atom is 0.339 e. The Balaban J connectivity index is 1.96. The smallest absolute Gasteiger partial charge is 0.339 e. The van der Waals surface area contributed by atoms with E-state index in [1.54, 1.807) is 31.2 Å². The summed E-state index contributed by atoms with van der Waals surface area (Å²) < 4.78 is 1.40. The first-order valence-electron chi connectivity index (χ1n) is 8.59. The zero-order valence-corrected chi connectivity index (χ0v) is 15.2. The molecule has 0 saturated carbocycles. The van der Waals surface area contributed by atoms with E-state index in [2.05, 4.69) is 16.4 Å². The Morgan fingerprint density at radius 3 is 2.76 bits per heavy atom. The SMILES string of the molecule is Cc1c(C#N)c2nc3ccccc3n2c(=O)/c1=C/Nc1ccc(O)c(C(=O)O)c1. The van der Waals surface area contributed by atoms with Crippen molar-refractivity contribution in [2.45, 2.75) is 6.92 Å². The molecular weight excluding hydrogens is 372 g/mol. The zero-order chi connectivity index (χ0) is 20.7. The van der Waals surface area contributed by atoms with Crippen LogP contribution in [0.15, 0.2) is 47.3 Å². The Bertz CT molecular complexity index is 1460. The highest BCUT2D eigenvalue weighted by Gasteiger charge is 2.16. The van der Waals surface area contributed by atoms with Gasteiger partial charge >= 0.3 is 5.97 Å². The molecule has 0 fully saturated rings. The van der Waals surface area contributed by atoms with Crippen LogP contribution in [0.2, 0.25) is 0 Å². The average Bonchev–Trinajstić information content (AvgIpc) is 3.08. The summed E-state index contributed by atoms with van der Waals surface area (Å²) >= 11 is 0. The van der Waals surface area contributed by atoms with Gasteiger partial charge in [-0.05, 0) is 42.8 Å². The molecule has 2 aromatic heterocycles. The van der Waals surface area contributed by atoms with Gasteiger partial charge in [0.15, 0.2) is 5.65 Å². The highest BCUT2D eigenvalue weighted by Crippen LogP contribution is 2.21. The lowest BCUT2D eigenvalue weighted by atomic mass is 10.1. The van der Waals surface area contributed by atoms with Gasteiger partial charge in [0.1, 0.15) is 17.4 Å². The third-order valence-electron chi connectivity index (χ3n) is 4.72. The number of nitriles is 1. The molecule has 0 atom stereocenters. The molecule has 29 heavy (non-hydrogen) atoms. The van der Waals surface area contributed by atoms with E-state index in [1.807, 2.05) is 0 Å². The van der Waals surface area contributed by atoms with Crippen LogP contribution in [0, 0.1) is 18.3 Å². The van der Waals surface area contributed by atoms with Gasteiger partial charge in [-0.25, -0.2) is 9.78 Å². The van der Waals surface area contributed by atoms with E-state index in [-0.39, 0.29) is 27.7 Å². The molecule has 3 N–H and O–H groups in total. The number of hydrogen-bond acceptors (Lipinski definition) is 6. The lowest BCUT2D eigenvalue weighted by molar-refractivity contribution is 0.0694. The summed E-state index contributed by atoms with van der Waals surface area (Å²) in [5.74, 6) is -1.63. The Labute approximate surface area is 163 Å². The predicted octanol–water partition coefficient (Wildman–Crippen LogP) is 2.00. The van der Waals surface area contributed by atoms with Gasteiger partial charge in [-0.3, -0.25) is 9.20 Å². The average molecular weight is 386 g/mol. The van der Waals surface area contributed by atoms with Crippen molar-refractivity contribution in [3.05, 3.63) is 74.7 Å². The second-order valence-corrected chi connectivity index (χ2v) is 6.42. The van der Waals surface area contributed by atoms with E-state index in [9.17, 15) is 20.0 Å². The molecule has 0 aliphatic carbocycles. The summed E-state index contributed by atoms with van der Waals surface area (Å²) in [6.07, 6.45) is 1.42. The third-order valence-corrected chi connectivity index (χ3v) is 4.72. The largest absolute Gasteiger partial charge is 0.507 e. The number of para-hydroxylation sites is 2. The van der Waals surface area contributed by atoms with Crippen LogP contribution in [0.1, 0.15) is 21.5 Å². The number of pyridine rings is 1. The molecule has 8 nitrogen and oxygen atoms in total. The molecule has 0 spiro atoms. The van der Waals surface area contributed by atoms with Crippen LogP contribution in [0.25, 0.3) is 22.9 Å². The number of aromatic nitrogens is 2. The van der Waals surface area contributed by atoms with E-state index < -0.39 is 5.97 Å². The molecule has 0 amide bonds. The third kappa shape index (κ3) is 2.82. The second kappa shape index (κ2) is 6.65. The number of phenols is 1. The number of imidazole rings is 1. The quantitative estimate of drug-likeness (QED) is 0.460. The molecule has 0 aliphatic heterocycles. The monoisotopic (exact) mass is 386 g/mol. The molecule has 4 aromatic rings. The molecule has 2 aromatic carbocycles. The molecule has 2 heterocycles. The van der Waals surface area contributed by atoms with Crippen molar-refractivity contribution in [2.24, 2.45) is 0 Å². The van der Waals surface area contributed by atoms with Gasteiger partial charge in [-0.2, -0.15) is 5.26 Å². The molecule has 142 valence electrons. The Kier molecular flexibility index (Phi) is 4.13. The highest BCUT2D eigenvalue weighted by atomic mass is 16.4. The molecule has 8 heteroatoms. The number of carboxylic acids is 1. The summed E-state index contributed by atoms with van der Waals surface area (Å²) in [6, 6.07) is 13.2. The van der Waals surface area contributed by atoms with E-state index in [1.165, 1.54) is 28.8 Å². The predicted molar refractivity (Wildman–Crippen MR) is 107 cm³/mol. The van der Waals surface area contributed by atoms with Crippen molar-refractivity contribution in [3.63, 3.8) is 0 Å². The van der Waals surface area contributed by atoms with Gasteiger partial charge in [0.05, 0.1) is 21.8 Å². The normalized spacial score (nSPS) is 11.7. The molecule has 0 saturated heterocycles. The number of aromatic carboxylic acids is 1. The van der Waals surface area contributed by atoms with E-state index in [0.29, 0.717) is 27.9 Å². The number of fused-ring (bicyclic) bond motifs is 3. The minimum atomic E-state index is -1.27. The lowest BCUT2D eigenvalue weighted by Gasteiger charge is -2.06. The standard InChI is InChI=1S/C21H14N4O4/c1-11-14(9-22)19-24-16-4-2-3-5-17(16)25(19)20(27)15(11)10-23-12-6-7-18(26)13(8-12)21(28)29/h2-8,10,23,26H,1H3,(H,28,29)/b15-10+. The molecule has 0 radical (unpaired) electrons. The van der Waals surface area contributed by atoms with Crippen LogP contribution >= 0.6 is 0 Å². The lowest BCUT2D eigenvalue weighted by Crippen LogP contribution is -2.34. The summed E-state index contributed by atoms with van der Waals surface area (Å²) in [5.41, 5.74) is 1.99. The number of anilines is 1. The van der Waals surface area contributed by atoms with Crippen LogP contribution in [-0.2, 0) is 0 Å². The summed E-state index contributed by atoms with van der Waals surface area (Å²) in [6.45, 7) is 1.66. The van der Waals surface area contributed by atoms with E-state index in [4.69, 9.17) is 5.11 Å². The van der Waals surface area contributed by atoms with Gasteiger partial charge < -0.3 is 15.5 Å². The molecule has 0 bridgehead atoms. The number of carbonyl (C=O) groups is 1. The topological polar surface area (TPSA) is 128 Å². The van der Waals surface area contributed by atoms with E-state index in [0.717, 1.165) is 0 Å². The van der Waals surface area contributed by atoms with Crippen molar-refractivity contribution in [1.82, 2.24) is 9.38 Å². The van der Waals surface area contributed by atoms with Crippen LogP contribution in [0.5, 0.6) is 5.75 Å². The van der Waals surface area contributed by atoms with Crippen molar-refractivity contribution in [1.29, 1.82) is 5.26 Å². The van der Waals surface area contributed by atoms with Crippen LogP contribution in [0.4, 0.5) is 5.69 Å². The first-order chi connectivity index (χ1) is 13.9. The second-order valence-electron chi connectivity index (χ2n) is 6.42. The van der Waals surface area contributed by atoms with Crippen molar-refractivity contribution < 1.29 is 15.0 Å². The first-order valence-corrected chi connectivity index (χ1v) is 8.59. The van der Waals surface area contributed by atoms with Gasteiger partial charge in [0.2, 0.25) is 0 Å². The first kappa shape index (κ1) is 18.0. The molecule has 0 aliphatic rings. The maximum absolute atomic E-state index is 13.2. The van der Waals surface area contributed by atoms with E-state index >= 15 is 0 Å². The summed E-state index contributed by atoms with van der Waals surface area (Å²) in [5, 5.41) is 31.5. The van der Waals surface area contributed by atoms with Gasteiger partial charge in [-0.1, -0.05) is 12.1 Å².